The van der Waals surface area contributed by atoms with Crippen LogP contribution in [0.4, 0.5) is 0 Å². The van der Waals surface area contributed by atoms with E-state index in [1.807, 2.05) is 30.3 Å². The zero-order valence-corrected chi connectivity index (χ0v) is 10.5. The van der Waals surface area contributed by atoms with Crippen molar-refractivity contribution in [3.63, 3.8) is 0 Å². The fourth-order valence-corrected chi connectivity index (χ4v) is 1.65. The number of nitrogens with two attached hydrogens (primary N) is 1. The minimum Gasteiger partial charge on any atom is -0.370 e. The van der Waals surface area contributed by atoms with E-state index in [0.29, 0.717) is 19.4 Å². The summed E-state index contributed by atoms with van der Waals surface area (Å²) >= 11 is 0. The molecule has 0 radical (unpaired) electrons. The largest absolute Gasteiger partial charge is 0.370 e. The van der Waals surface area contributed by atoms with Crippen molar-refractivity contribution in [1.29, 1.82) is 0 Å². The van der Waals surface area contributed by atoms with Gasteiger partial charge in [-0.25, -0.2) is 0 Å². The highest BCUT2D eigenvalue weighted by Crippen LogP contribution is 2.03. The number of carbonyl (C=O) groups is 2. The van der Waals surface area contributed by atoms with E-state index in [1.165, 1.54) is 0 Å². The minimum absolute atomic E-state index is 0.0536. The lowest BCUT2D eigenvalue weighted by molar-refractivity contribution is -0.121. The second-order valence-corrected chi connectivity index (χ2v) is 4.29. The van der Waals surface area contributed by atoms with Gasteiger partial charge in [0.2, 0.25) is 11.8 Å². The average Bonchev–Trinajstić information content (AvgIpc) is 2.37. The maximum atomic E-state index is 11.5. The molecular weight excluding hydrogens is 228 g/mol. The van der Waals surface area contributed by atoms with E-state index in [1.54, 1.807) is 0 Å². The lowest BCUT2D eigenvalue weighted by Crippen LogP contribution is -2.22. The van der Waals surface area contributed by atoms with Crippen LogP contribution >= 0.6 is 0 Å². The first-order valence-electron chi connectivity index (χ1n) is 6.27. The van der Waals surface area contributed by atoms with Crippen molar-refractivity contribution < 1.29 is 9.59 Å². The topological polar surface area (TPSA) is 72.2 Å². The van der Waals surface area contributed by atoms with E-state index in [2.05, 4.69) is 5.32 Å². The molecule has 0 fully saturated rings. The Morgan fingerprint density at radius 3 is 2.33 bits per heavy atom. The third-order valence-corrected chi connectivity index (χ3v) is 2.66. The molecule has 3 N–H and O–H groups in total. The molecule has 0 saturated carbocycles. The van der Waals surface area contributed by atoms with Gasteiger partial charge in [-0.05, 0) is 18.4 Å². The van der Waals surface area contributed by atoms with E-state index >= 15 is 0 Å². The smallest absolute Gasteiger partial charge is 0.220 e. The molecule has 0 unspecified atom stereocenters. The summed E-state index contributed by atoms with van der Waals surface area (Å²) in [5, 5.41) is 2.87. The first-order valence-corrected chi connectivity index (χ1v) is 6.27. The van der Waals surface area contributed by atoms with Gasteiger partial charge in [-0.2, -0.15) is 0 Å². The van der Waals surface area contributed by atoms with Gasteiger partial charge >= 0.3 is 0 Å². The lowest BCUT2D eigenvalue weighted by atomic mass is 10.1. The molecule has 0 aliphatic carbocycles. The van der Waals surface area contributed by atoms with Crippen molar-refractivity contribution in [2.45, 2.75) is 38.6 Å². The maximum absolute atomic E-state index is 11.5. The van der Waals surface area contributed by atoms with Crippen molar-refractivity contribution >= 4 is 11.8 Å². The Bertz CT molecular complexity index is 377. The quantitative estimate of drug-likeness (QED) is 0.688. The molecule has 0 aliphatic rings. The molecular formula is C14H20N2O2. The summed E-state index contributed by atoms with van der Waals surface area (Å²) in [4.78, 5) is 22.0. The lowest BCUT2D eigenvalue weighted by Gasteiger charge is -2.05. The van der Waals surface area contributed by atoms with Gasteiger partial charge in [0.1, 0.15) is 0 Å². The normalized spacial score (nSPS) is 10.0. The van der Waals surface area contributed by atoms with E-state index in [9.17, 15) is 9.59 Å². The Balaban J connectivity index is 2.06. The standard InChI is InChI=1S/C14H20N2O2/c15-13(17)9-5-2-6-10-14(18)16-11-12-7-3-1-4-8-12/h1,3-4,7-8H,2,5-6,9-11H2,(H2,15,17)(H,16,18). The summed E-state index contributed by atoms with van der Waals surface area (Å²) in [6, 6.07) is 9.81. The fourth-order valence-electron chi connectivity index (χ4n) is 1.65. The van der Waals surface area contributed by atoms with Gasteiger partial charge in [-0.15, -0.1) is 0 Å². The second kappa shape index (κ2) is 8.28. The molecule has 4 heteroatoms. The number of carbonyl (C=O) groups excluding carboxylic acids is 2. The Kier molecular flexibility index (Phi) is 6.54. The summed E-state index contributed by atoms with van der Waals surface area (Å²) < 4.78 is 0. The van der Waals surface area contributed by atoms with Crippen LogP contribution in [0.25, 0.3) is 0 Å². The van der Waals surface area contributed by atoms with E-state index < -0.39 is 0 Å². The molecule has 0 aromatic heterocycles. The number of benzene rings is 1. The third kappa shape index (κ3) is 6.68. The van der Waals surface area contributed by atoms with Crippen molar-refractivity contribution in [2.75, 3.05) is 0 Å². The molecule has 1 aromatic carbocycles. The molecule has 4 nitrogen and oxygen atoms in total. The van der Waals surface area contributed by atoms with Gasteiger partial charge in [-0.3, -0.25) is 9.59 Å². The van der Waals surface area contributed by atoms with Crippen LogP contribution in [-0.2, 0) is 16.1 Å². The van der Waals surface area contributed by atoms with Crippen LogP contribution in [0.5, 0.6) is 0 Å². The highest BCUT2D eigenvalue weighted by molar-refractivity contribution is 5.75. The summed E-state index contributed by atoms with van der Waals surface area (Å²) in [5.41, 5.74) is 6.13. The monoisotopic (exact) mass is 248 g/mol. The first kappa shape index (κ1) is 14.2. The van der Waals surface area contributed by atoms with Crippen LogP contribution in [0.3, 0.4) is 0 Å². The van der Waals surface area contributed by atoms with Crippen LogP contribution in [-0.4, -0.2) is 11.8 Å². The second-order valence-electron chi connectivity index (χ2n) is 4.29. The molecule has 0 atom stereocenters. The predicted octanol–water partition coefficient (Wildman–Crippen LogP) is 1.74. The maximum Gasteiger partial charge on any atom is 0.220 e. The molecule has 0 spiro atoms. The molecule has 1 aromatic rings. The van der Waals surface area contributed by atoms with Gasteiger partial charge in [-0.1, -0.05) is 36.8 Å². The van der Waals surface area contributed by atoms with E-state index in [4.69, 9.17) is 5.73 Å². The number of rotatable bonds is 8. The molecule has 0 saturated heterocycles. The zero-order valence-electron chi connectivity index (χ0n) is 10.5. The average molecular weight is 248 g/mol. The Hall–Kier alpha value is -1.84. The minimum atomic E-state index is -0.275. The molecule has 0 heterocycles. The van der Waals surface area contributed by atoms with Crippen LogP contribution in [0, 0.1) is 0 Å². The Labute approximate surface area is 108 Å². The molecule has 2 amide bonds. The summed E-state index contributed by atoms with van der Waals surface area (Å²) in [7, 11) is 0. The SMILES string of the molecule is NC(=O)CCCCCC(=O)NCc1ccccc1. The zero-order chi connectivity index (χ0) is 13.2. The van der Waals surface area contributed by atoms with E-state index in [0.717, 1.165) is 24.8 Å². The van der Waals surface area contributed by atoms with Gasteiger partial charge in [0, 0.05) is 19.4 Å². The van der Waals surface area contributed by atoms with Crippen LogP contribution in [0.2, 0.25) is 0 Å². The van der Waals surface area contributed by atoms with Crippen molar-refractivity contribution in [3.05, 3.63) is 35.9 Å². The molecule has 0 bridgehead atoms. The van der Waals surface area contributed by atoms with Crippen molar-refractivity contribution in [2.24, 2.45) is 5.73 Å². The van der Waals surface area contributed by atoms with Gasteiger partial charge in [0.15, 0.2) is 0 Å². The molecule has 18 heavy (non-hydrogen) atoms. The first-order chi connectivity index (χ1) is 8.68. The highest BCUT2D eigenvalue weighted by Gasteiger charge is 2.01. The number of nitrogens with one attached hydrogen (secondary N) is 1. The number of unbranched alkanes of at least 4 members (excludes halogenated alkanes) is 2. The van der Waals surface area contributed by atoms with Crippen molar-refractivity contribution in [1.82, 2.24) is 5.32 Å². The summed E-state index contributed by atoms with van der Waals surface area (Å²) in [6.07, 6.45) is 3.34. The summed E-state index contributed by atoms with van der Waals surface area (Å²) in [5.74, 6) is -0.221. The van der Waals surface area contributed by atoms with Gasteiger partial charge < -0.3 is 11.1 Å². The van der Waals surface area contributed by atoms with Crippen molar-refractivity contribution in [3.8, 4) is 0 Å². The Morgan fingerprint density at radius 2 is 1.67 bits per heavy atom. The molecule has 1 rings (SSSR count). The molecule has 98 valence electrons. The van der Waals surface area contributed by atoms with Gasteiger partial charge in [0.05, 0.1) is 0 Å². The highest BCUT2D eigenvalue weighted by atomic mass is 16.1. The van der Waals surface area contributed by atoms with Crippen LogP contribution in [0.1, 0.15) is 37.7 Å². The molecule has 0 aliphatic heterocycles. The summed E-state index contributed by atoms with van der Waals surface area (Å²) in [6.45, 7) is 0.570. The van der Waals surface area contributed by atoms with Crippen LogP contribution in [0.15, 0.2) is 30.3 Å². The number of amides is 2. The number of primary amides is 1. The Morgan fingerprint density at radius 1 is 1.00 bits per heavy atom. The number of hydrogen-bond acceptors (Lipinski definition) is 2. The van der Waals surface area contributed by atoms with Crippen LogP contribution < -0.4 is 11.1 Å². The fraction of sp³-hybridized carbons (Fsp3) is 0.429. The third-order valence-electron chi connectivity index (χ3n) is 2.66. The predicted molar refractivity (Wildman–Crippen MR) is 70.6 cm³/mol. The van der Waals surface area contributed by atoms with E-state index in [-0.39, 0.29) is 11.8 Å². The number of hydrogen-bond donors (Lipinski definition) is 2. The van der Waals surface area contributed by atoms with Gasteiger partial charge in [0.25, 0.3) is 0 Å².